The van der Waals surface area contributed by atoms with E-state index < -0.39 is 0 Å². The molecule has 5 heteroatoms. The Morgan fingerprint density at radius 2 is 2.10 bits per heavy atom. The summed E-state index contributed by atoms with van der Waals surface area (Å²) in [5.74, 6) is 0.650. The van der Waals surface area contributed by atoms with Gasteiger partial charge in [-0.2, -0.15) is 0 Å². The van der Waals surface area contributed by atoms with Crippen molar-refractivity contribution in [3.8, 4) is 0 Å². The molecule has 0 bridgehead atoms. The molecule has 0 radical (unpaired) electrons. The standard InChI is InChI=1S/C16H22N4O/c17-16(20-8-10-21-11-9-20)18-7-3-4-13-12-19-15-6-2-1-5-14(13)15/h1-2,5-6,12,19H,3-4,7-11H2,(H2,17,18). The van der Waals surface area contributed by atoms with Crippen molar-refractivity contribution in [3.05, 3.63) is 36.0 Å². The van der Waals surface area contributed by atoms with Gasteiger partial charge in [-0.1, -0.05) is 18.2 Å². The predicted molar refractivity (Wildman–Crippen MR) is 85.5 cm³/mol. The number of aromatic nitrogens is 1. The smallest absolute Gasteiger partial charge is 0.191 e. The second-order valence-corrected chi connectivity index (χ2v) is 5.30. The number of nitrogens with two attached hydrogens (primary N) is 1. The van der Waals surface area contributed by atoms with Crippen LogP contribution in [0.1, 0.15) is 12.0 Å². The number of H-pyrrole nitrogens is 1. The number of para-hydroxylation sites is 1. The van der Waals surface area contributed by atoms with E-state index in [0.29, 0.717) is 5.96 Å². The fourth-order valence-corrected chi connectivity index (χ4v) is 2.69. The molecule has 1 aromatic heterocycles. The van der Waals surface area contributed by atoms with Crippen LogP contribution in [0.15, 0.2) is 35.5 Å². The van der Waals surface area contributed by atoms with Crippen molar-refractivity contribution < 1.29 is 4.74 Å². The number of aromatic amines is 1. The molecule has 21 heavy (non-hydrogen) atoms. The number of rotatable bonds is 4. The van der Waals surface area contributed by atoms with Gasteiger partial charge < -0.3 is 20.4 Å². The molecule has 0 amide bonds. The van der Waals surface area contributed by atoms with Crippen LogP contribution in [-0.2, 0) is 11.2 Å². The molecule has 0 saturated carbocycles. The number of benzene rings is 1. The molecule has 112 valence electrons. The molecule has 2 aromatic rings. The van der Waals surface area contributed by atoms with Crippen molar-refractivity contribution in [1.82, 2.24) is 9.88 Å². The van der Waals surface area contributed by atoms with Gasteiger partial charge >= 0.3 is 0 Å². The highest BCUT2D eigenvalue weighted by Gasteiger charge is 2.11. The molecule has 0 atom stereocenters. The maximum atomic E-state index is 6.01. The number of aliphatic imine (C=N–C) groups is 1. The molecule has 0 spiro atoms. The number of fused-ring (bicyclic) bond motifs is 1. The molecule has 3 N–H and O–H groups in total. The van der Waals surface area contributed by atoms with E-state index in [1.54, 1.807) is 0 Å². The lowest BCUT2D eigenvalue weighted by atomic mass is 10.1. The molecule has 1 fully saturated rings. The first kappa shape index (κ1) is 13.9. The SMILES string of the molecule is NC(=NCCCc1c[nH]c2ccccc12)N1CCOCC1. The molecule has 1 aliphatic heterocycles. The van der Waals surface area contributed by atoms with Crippen LogP contribution in [0.25, 0.3) is 10.9 Å². The van der Waals surface area contributed by atoms with Crippen LogP contribution in [-0.4, -0.2) is 48.7 Å². The topological polar surface area (TPSA) is 66.6 Å². The predicted octanol–water partition coefficient (Wildman–Crippen LogP) is 1.75. The largest absolute Gasteiger partial charge is 0.378 e. The Balaban J connectivity index is 1.51. The number of morpholine rings is 1. The zero-order chi connectivity index (χ0) is 14.5. The fourth-order valence-electron chi connectivity index (χ4n) is 2.69. The fraction of sp³-hybridized carbons (Fsp3) is 0.438. The lowest BCUT2D eigenvalue weighted by molar-refractivity contribution is 0.0674. The highest BCUT2D eigenvalue weighted by Crippen LogP contribution is 2.18. The molecule has 1 saturated heterocycles. The van der Waals surface area contributed by atoms with Gasteiger partial charge in [0.2, 0.25) is 0 Å². The zero-order valence-corrected chi connectivity index (χ0v) is 12.2. The molecule has 5 nitrogen and oxygen atoms in total. The maximum absolute atomic E-state index is 6.01. The van der Waals surface area contributed by atoms with Gasteiger partial charge in [0.1, 0.15) is 0 Å². The van der Waals surface area contributed by atoms with Gasteiger partial charge in [0, 0.05) is 36.7 Å². The highest BCUT2D eigenvalue weighted by atomic mass is 16.5. The van der Waals surface area contributed by atoms with Gasteiger partial charge in [-0.15, -0.1) is 0 Å². The van der Waals surface area contributed by atoms with Crippen LogP contribution >= 0.6 is 0 Å². The summed E-state index contributed by atoms with van der Waals surface area (Å²) in [5, 5.41) is 1.31. The Labute approximate surface area is 124 Å². The minimum Gasteiger partial charge on any atom is -0.378 e. The normalized spacial score (nSPS) is 16.6. The zero-order valence-electron chi connectivity index (χ0n) is 12.2. The van der Waals surface area contributed by atoms with Crippen molar-refractivity contribution >= 4 is 16.9 Å². The van der Waals surface area contributed by atoms with Gasteiger partial charge in [0.15, 0.2) is 5.96 Å². The van der Waals surface area contributed by atoms with E-state index in [1.807, 2.05) is 0 Å². The lowest BCUT2D eigenvalue weighted by Crippen LogP contribution is -2.44. The number of guanidine groups is 1. The number of nitrogens with one attached hydrogen (secondary N) is 1. The Kier molecular flexibility index (Phi) is 4.40. The average molecular weight is 286 g/mol. The third-order valence-corrected chi connectivity index (χ3v) is 3.89. The summed E-state index contributed by atoms with van der Waals surface area (Å²) in [6, 6.07) is 8.39. The maximum Gasteiger partial charge on any atom is 0.191 e. The second kappa shape index (κ2) is 6.63. The number of hydrogen-bond donors (Lipinski definition) is 2. The average Bonchev–Trinajstić information content (AvgIpc) is 2.95. The van der Waals surface area contributed by atoms with E-state index in [1.165, 1.54) is 16.5 Å². The molecule has 1 aliphatic rings. The van der Waals surface area contributed by atoms with Crippen LogP contribution in [0.2, 0.25) is 0 Å². The van der Waals surface area contributed by atoms with Crippen LogP contribution in [0.3, 0.4) is 0 Å². The molecule has 0 unspecified atom stereocenters. The van der Waals surface area contributed by atoms with Crippen molar-refractivity contribution in [2.45, 2.75) is 12.8 Å². The van der Waals surface area contributed by atoms with Crippen molar-refractivity contribution in [3.63, 3.8) is 0 Å². The van der Waals surface area contributed by atoms with E-state index in [0.717, 1.165) is 45.7 Å². The molecule has 1 aromatic carbocycles. The minimum absolute atomic E-state index is 0.650. The Morgan fingerprint density at radius 3 is 2.95 bits per heavy atom. The molecule has 2 heterocycles. The Bertz CT molecular complexity index is 614. The van der Waals surface area contributed by atoms with Crippen molar-refractivity contribution in [2.75, 3.05) is 32.8 Å². The summed E-state index contributed by atoms with van der Waals surface area (Å²) < 4.78 is 5.31. The number of ether oxygens (including phenoxy) is 1. The first-order valence-corrected chi connectivity index (χ1v) is 7.52. The van der Waals surface area contributed by atoms with Gasteiger partial charge in [-0.05, 0) is 24.5 Å². The van der Waals surface area contributed by atoms with Gasteiger partial charge in [-0.3, -0.25) is 4.99 Å². The summed E-state index contributed by atoms with van der Waals surface area (Å²) >= 11 is 0. The molecule has 3 rings (SSSR count). The second-order valence-electron chi connectivity index (χ2n) is 5.30. The third-order valence-electron chi connectivity index (χ3n) is 3.89. The van der Waals surface area contributed by atoms with E-state index in [2.05, 4.69) is 45.3 Å². The summed E-state index contributed by atoms with van der Waals surface area (Å²) in [4.78, 5) is 9.88. The van der Waals surface area contributed by atoms with Gasteiger partial charge in [0.05, 0.1) is 13.2 Å². The minimum atomic E-state index is 0.650. The van der Waals surface area contributed by atoms with Crippen LogP contribution < -0.4 is 5.73 Å². The quantitative estimate of drug-likeness (QED) is 0.511. The van der Waals surface area contributed by atoms with E-state index in [-0.39, 0.29) is 0 Å². The van der Waals surface area contributed by atoms with Crippen LogP contribution in [0.4, 0.5) is 0 Å². The summed E-state index contributed by atoms with van der Waals surface area (Å²) in [6.07, 6.45) is 4.12. The summed E-state index contributed by atoms with van der Waals surface area (Å²) in [5.41, 5.74) is 8.56. The summed E-state index contributed by atoms with van der Waals surface area (Å²) in [6.45, 7) is 3.94. The van der Waals surface area contributed by atoms with Crippen molar-refractivity contribution in [2.24, 2.45) is 10.7 Å². The number of nitrogens with zero attached hydrogens (tertiary/aromatic N) is 2. The number of hydrogen-bond acceptors (Lipinski definition) is 2. The molecular weight excluding hydrogens is 264 g/mol. The first-order chi connectivity index (χ1) is 10.3. The molecule has 0 aliphatic carbocycles. The van der Waals surface area contributed by atoms with Gasteiger partial charge in [0.25, 0.3) is 0 Å². The van der Waals surface area contributed by atoms with Gasteiger partial charge in [-0.25, -0.2) is 0 Å². The molecular formula is C16H22N4O. The Hall–Kier alpha value is -2.01. The number of aryl methyl sites for hydroxylation is 1. The Morgan fingerprint density at radius 1 is 1.29 bits per heavy atom. The highest BCUT2D eigenvalue weighted by molar-refractivity contribution is 5.83. The monoisotopic (exact) mass is 286 g/mol. The van der Waals surface area contributed by atoms with Crippen LogP contribution in [0, 0.1) is 0 Å². The van der Waals surface area contributed by atoms with E-state index in [4.69, 9.17) is 10.5 Å². The van der Waals surface area contributed by atoms with Crippen LogP contribution in [0.5, 0.6) is 0 Å². The third kappa shape index (κ3) is 3.36. The summed E-state index contributed by atoms with van der Waals surface area (Å²) in [7, 11) is 0. The van der Waals surface area contributed by atoms with E-state index in [9.17, 15) is 0 Å². The van der Waals surface area contributed by atoms with Crippen molar-refractivity contribution in [1.29, 1.82) is 0 Å². The first-order valence-electron chi connectivity index (χ1n) is 7.52. The lowest BCUT2D eigenvalue weighted by Gasteiger charge is -2.27. The van der Waals surface area contributed by atoms with E-state index >= 15 is 0 Å².